The highest BCUT2D eigenvalue weighted by molar-refractivity contribution is 5.83. The number of carbonyl (C=O) groups is 2. The average Bonchev–Trinajstić information content (AvgIpc) is 2.13. The van der Waals surface area contributed by atoms with E-state index in [0.29, 0.717) is 12.3 Å². The molecule has 0 heterocycles. The van der Waals surface area contributed by atoms with Gasteiger partial charge < -0.3 is 10.1 Å². The molecule has 14 heavy (non-hydrogen) atoms. The van der Waals surface area contributed by atoms with Crippen LogP contribution in [0, 0.1) is 5.92 Å². The minimum Gasteiger partial charge on any atom is -0.467 e. The Bertz CT molecular complexity index is 202. The lowest BCUT2D eigenvalue weighted by Crippen LogP contribution is -2.39. The van der Waals surface area contributed by atoms with E-state index in [4.69, 9.17) is 0 Å². The van der Waals surface area contributed by atoms with Gasteiger partial charge in [0.2, 0.25) is 5.91 Å². The molecule has 0 aliphatic heterocycles. The summed E-state index contributed by atoms with van der Waals surface area (Å²) in [6, 6.07) is -0.556. The maximum Gasteiger partial charge on any atom is 0.328 e. The number of esters is 1. The highest BCUT2D eigenvalue weighted by atomic mass is 16.5. The number of rotatable bonds is 5. The lowest BCUT2D eigenvalue weighted by atomic mass is 10.1. The predicted molar refractivity (Wildman–Crippen MR) is 53.7 cm³/mol. The highest BCUT2D eigenvalue weighted by Gasteiger charge is 2.15. The number of amides is 1. The van der Waals surface area contributed by atoms with E-state index in [-0.39, 0.29) is 5.91 Å². The molecule has 0 aromatic rings. The average molecular weight is 201 g/mol. The van der Waals surface area contributed by atoms with Crippen LogP contribution in [0.4, 0.5) is 0 Å². The Hall–Kier alpha value is -1.06. The standard InChI is InChI=1S/C10H19NO3/c1-7(2)5-6-9(12)11-8(3)10(13)14-4/h7-8H,5-6H2,1-4H3,(H,11,12). The van der Waals surface area contributed by atoms with Gasteiger partial charge in [-0.1, -0.05) is 13.8 Å². The maximum atomic E-state index is 11.3. The molecular formula is C10H19NO3. The fraction of sp³-hybridized carbons (Fsp3) is 0.800. The number of carbonyl (C=O) groups excluding carboxylic acids is 2. The first-order chi connectivity index (χ1) is 6.47. The van der Waals surface area contributed by atoms with Crippen molar-refractivity contribution >= 4 is 11.9 Å². The Morgan fingerprint density at radius 3 is 2.29 bits per heavy atom. The second-order valence-electron chi connectivity index (χ2n) is 3.74. The maximum absolute atomic E-state index is 11.3. The van der Waals surface area contributed by atoms with Gasteiger partial charge in [-0.2, -0.15) is 0 Å². The molecule has 0 radical (unpaired) electrons. The van der Waals surface area contributed by atoms with Crippen LogP contribution in [0.5, 0.6) is 0 Å². The zero-order valence-electron chi connectivity index (χ0n) is 9.29. The van der Waals surface area contributed by atoms with Gasteiger partial charge >= 0.3 is 5.97 Å². The van der Waals surface area contributed by atoms with Gasteiger partial charge in [0.05, 0.1) is 7.11 Å². The molecule has 0 aromatic heterocycles. The summed E-state index contributed by atoms with van der Waals surface area (Å²) in [6.45, 7) is 5.72. The number of hydrogen-bond donors (Lipinski definition) is 1. The fourth-order valence-electron chi connectivity index (χ4n) is 0.969. The lowest BCUT2D eigenvalue weighted by molar-refractivity contribution is -0.144. The number of ether oxygens (including phenoxy) is 1. The largest absolute Gasteiger partial charge is 0.467 e. The molecule has 0 aliphatic carbocycles. The Balaban J connectivity index is 3.77. The molecule has 0 aromatic carbocycles. The molecule has 82 valence electrons. The lowest BCUT2D eigenvalue weighted by Gasteiger charge is -2.11. The molecule has 0 spiro atoms. The normalized spacial score (nSPS) is 12.4. The molecule has 0 rings (SSSR count). The summed E-state index contributed by atoms with van der Waals surface area (Å²) >= 11 is 0. The van der Waals surface area contributed by atoms with Crippen molar-refractivity contribution in [3.8, 4) is 0 Å². The van der Waals surface area contributed by atoms with E-state index in [1.165, 1.54) is 7.11 Å². The summed E-state index contributed by atoms with van der Waals surface area (Å²) in [4.78, 5) is 22.2. The summed E-state index contributed by atoms with van der Waals surface area (Å²) in [5, 5.41) is 2.57. The van der Waals surface area contributed by atoms with Gasteiger partial charge in [-0.3, -0.25) is 4.79 Å². The summed E-state index contributed by atoms with van der Waals surface area (Å²) in [5.74, 6) is -0.0197. The van der Waals surface area contributed by atoms with Crippen LogP contribution in [-0.2, 0) is 14.3 Å². The van der Waals surface area contributed by atoms with Crippen LogP contribution < -0.4 is 5.32 Å². The quantitative estimate of drug-likeness (QED) is 0.678. The molecule has 1 atom stereocenters. The van der Waals surface area contributed by atoms with Gasteiger partial charge in [0.1, 0.15) is 6.04 Å². The Kier molecular flexibility index (Phi) is 5.92. The highest BCUT2D eigenvalue weighted by Crippen LogP contribution is 2.03. The topological polar surface area (TPSA) is 55.4 Å². The van der Waals surface area contributed by atoms with Crippen molar-refractivity contribution in [2.24, 2.45) is 5.92 Å². The molecule has 0 saturated heterocycles. The molecule has 0 fully saturated rings. The number of methoxy groups -OCH3 is 1. The third kappa shape index (κ3) is 5.56. The van der Waals surface area contributed by atoms with Crippen molar-refractivity contribution in [1.82, 2.24) is 5.32 Å². The van der Waals surface area contributed by atoms with Gasteiger partial charge in [0.15, 0.2) is 0 Å². The van der Waals surface area contributed by atoms with Crippen molar-refractivity contribution in [3.05, 3.63) is 0 Å². The van der Waals surface area contributed by atoms with Gasteiger partial charge in [-0.15, -0.1) is 0 Å². The summed E-state index contributed by atoms with van der Waals surface area (Å²) in [7, 11) is 1.30. The van der Waals surface area contributed by atoms with Crippen LogP contribution in [0.25, 0.3) is 0 Å². The second-order valence-corrected chi connectivity index (χ2v) is 3.74. The van der Waals surface area contributed by atoms with Crippen molar-refractivity contribution in [2.45, 2.75) is 39.7 Å². The van der Waals surface area contributed by atoms with Crippen molar-refractivity contribution in [2.75, 3.05) is 7.11 Å². The minimum absolute atomic E-state index is 0.100. The third-order valence-electron chi connectivity index (χ3n) is 1.88. The number of hydrogen-bond acceptors (Lipinski definition) is 3. The van der Waals surface area contributed by atoms with E-state index in [0.717, 1.165) is 6.42 Å². The van der Waals surface area contributed by atoms with Crippen LogP contribution in [-0.4, -0.2) is 25.0 Å². The monoisotopic (exact) mass is 201 g/mol. The SMILES string of the molecule is COC(=O)C(C)NC(=O)CCC(C)C. The van der Waals surface area contributed by atoms with Gasteiger partial charge in [0.25, 0.3) is 0 Å². The third-order valence-corrected chi connectivity index (χ3v) is 1.88. The molecule has 0 aliphatic rings. The zero-order valence-corrected chi connectivity index (χ0v) is 9.29. The van der Waals surface area contributed by atoms with E-state index in [9.17, 15) is 9.59 Å². The molecule has 4 nitrogen and oxygen atoms in total. The number of nitrogens with one attached hydrogen (secondary N) is 1. The summed E-state index contributed by atoms with van der Waals surface area (Å²) in [5.41, 5.74) is 0. The van der Waals surface area contributed by atoms with Crippen LogP contribution in [0.1, 0.15) is 33.6 Å². The second kappa shape index (κ2) is 6.40. The molecular weight excluding hydrogens is 182 g/mol. The van der Waals surface area contributed by atoms with Crippen LogP contribution in [0.3, 0.4) is 0 Å². The van der Waals surface area contributed by atoms with E-state index in [2.05, 4.69) is 23.9 Å². The Morgan fingerprint density at radius 2 is 1.86 bits per heavy atom. The van der Waals surface area contributed by atoms with Crippen LogP contribution in [0.2, 0.25) is 0 Å². The molecule has 0 bridgehead atoms. The van der Waals surface area contributed by atoms with E-state index in [1.54, 1.807) is 6.92 Å². The summed E-state index contributed by atoms with van der Waals surface area (Å²) in [6.07, 6.45) is 1.29. The van der Waals surface area contributed by atoms with E-state index >= 15 is 0 Å². The first-order valence-electron chi connectivity index (χ1n) is 4.84. The Labute approximate surface area is 85.0 Å². The molecule has 1 amide bonds. The van der Waals surface area contributed by atoms with Crippen LogP contribution in [0.15, 0.2) is 0 Å². The smallest absolute Gasteiger partial charge is 0.328 e. The Morgan fingerprint density at radius 1 is 1.29 bits per heavy atom. The van der Waals surface area contributed by atoms with Crippen molar-refractivity contribution in [3.63, 3.8) is 0 Å². The summed E-state index contributed by atoms with van der Waals surface area (Å²) < 4.78 is 4.48. The predicted octanol–water partition coefficient (Wildman–Crippen LogP) is 1.10. The van der Waals surface area contributed by atoms with Gasteiger partial charge in [-0.05, 0) is 19.3 Å². The first kappa shape index (κ1) is 12.9. The van der Waals surface area contributed by atoms with E-state index in [1.807, 2.05) is 0 Å². The molecule has 1 unspecified atom stereocenters. The van der Waals surface area contributed by atoms with Gasteiger partial charge in [-0.25, -0.2) is 4.79 Å². The zero-order chi connectivity index (χ0) is 11.1. The minimum atomic E-state index is -0.556. The van der Waals surface area contributed by atoms with E-state index < -0.39 is 12.0 Å². The van der Waals surface area contributed by atoms with Crippen molar-refractivity contribution < 1.29 is 14.3 Å². The fourth-order valence-corrected chi connectivity index (χ4v) is 0.969. The molecule has 4 heteroatoms. The first-order valence-corrected chi connectivity index (χ1v) is 4.84. The van der Waals surface area contributed by atoms with Gasteiger partial charge in [0, 0.05) is 6.42 Å². The molecule has 0 saturated carbocycles. The molecule has 1 N–H and O–H groups in total. The van der Waals surface area contributed by atoms with Crippen molar-refractivity contribution in [1.29, 1.82) is 0 Å². The van der Waals surface area contributed by atoms with Crippen LogP contribution >= 0.6 is 0 Å².